The summed E-state index contributed by atoms with van der Waals surface area (Å²) < 4.78 is 25.8. The molecule has 0 unspecified atom stereocenters. The van der Waals surface area contributed by atoms with Crippen molar-refractivity contribution in [1.82, 2.24) is 19.2 Å². The van der Waals surface area contributed by atoms with Gasteiger partial charge in [0.2, 0.25) is 5.91 Å². The molecule has 1 amide bonds. The lowest BCUT2D eigenvalue weighted by Gasteiger charge is -2.32. The molecule has 1 N–H and O–H groups in total. The van der Waals surface area contributed by atoms with Gasteiger partial charge in [-0.15, -0.1) is 0 Å². The van der Waals surface area contributed by atoms with Crippen molar-refractivity contribution >= 4 is 15.9 Å². The Morgan fingerprint density at radius 1 is 1.33 bits per heavy atom. The lowest BCUT2D eigenvalue weighted by molar-refractivity contribution is -0.129. The van der Waals surface area contributed by atoms with Crippen LogP contribution >= 0.6 is 0 Å². The smallest absolute Gasteiger partial charge is 0.260 e. The van der Waals surface area contributed by atoms with Gasteiger partial charge in [0.15, 0.2) is 5.03 Å². The van der Waals surface area contributed by atoms with E-state index in [9.17, 15) is 13.2 Å². The Morgan fingerprint density at radius 2 is 1.94 bits per heavy atom. The maximum absolute atomic E-state index is 12.2. The first-order valence-corrected chi connectivity index (χ1v) is 7.12. The van der Waals surface area contributed by atoms with Crippen molar-refractivity contribution in [2.75, 3.05) is 26.2 Å². The summed E-state index contributed by atoms with van der Waals surface area (Å²) in [6, 6.07) is 0. The summed E-state index contributed by atoms with van der Waals surface area (Å²) in [7, 11) is -3.51. The van der Waals surface area contributed by atoms with E-state index < -0.39 is 10.0 Å². The number of aryl methyl sites for hydroxylation is 1. The number of hydrogen-bond donors (Lipinski definition) is 1. The Labute approximate surface area is 106 Å². The van der Waals surface area contributed by atoms with Crippen LogP contribution in [-0.2, 0) is 14.8 Å². The summed E-state index contributed by atoms with van der Waals surface area (Å²) in [5.41, 5.74) is 0. The Hall–Kier alpha value is -1.41. The molecule has 0 aliphatic carbocycles. The highest BCUT2D eigenvalue weighted by molar-refractivity contribution is 7.89. The van der Waals surface area contributed by atoms with Crippen molar-refractivity contribution in [2.45, 2.75) is 18.9 Å². The third-order valence-corrected chi connectivity index (χ3v) is 4.79. The zero-order chi connectivity index (χ0) is 13.3. The fraction of sp³-hybridized carbons (Fsp3) is 0.600. The highest BCUT2D eigenvalue weighted by Gasteiger charge is 2.30. The maximum atomic E-state index is 12.2. The predicted octanol–water partition coefficient (Wildman–Crippen LogP) is -0.429. The number of rotatable bonds is 2. The van der Waals surface area contributed by atoms with Crippen LogP contribution < -0.4 is 0 Å². The minimum absolute atomic E-state index is 0.0237. The van der Waals surface area contributed by atoms with E-state index in [0.717, 1.165) is 0 Å². The minimum atomic E-state index is -3.51. The summed E-state index contributed by atoms with van der Waals surface area (Å²) in [6.45, 7) is 4.69. The Bertz CT molecular complexity index is 543. The molecule has 0 saturated carbocycles. The molecule has 0 atom stereocenters. The molecule has 18 heavy (non-hydrogen) atoms. The van der Waals surface area contributed by atoms with E-state index in [0.29, 0.717) is 32.0 Å². The Balaban J connectivity index is 2.12. The first kappa shape index (κ1) is 13.0. The monoisotopic (exact) mass is 272 g/mol. The second kappa shape index (κ2) is 4.69. The molecule has 1 aromatic heterocycles. The third kappa shape index (κ3) is 2.39. The summed E-state index contributed by atoms with van der Waals surface area (Å²) >= 11 is 0. The molecule has 0 radical (unpaired) electrons. The van der Waals surface area contributed by atoms with Gasteiger partial charge in [0.05, 0.1) is 6.20 Å². The summed E-state index contributed by atoms with van der Waals surface area (Å²) in [5, 5.41) is 0.108. The van der Waals surface area contributed by atoms with Crippen LogP contribution in [-0.4, -0.2) is 59.7 Å². The molecule has 2 heterocycles. The van der Waals surface area contributed by atoms with Gasteiger partial charge in [-0.25, -0.2) is 13.4 Å². The van der Waals surface area contributed by atoms with Gasteiger partial charge in [0.1, 0.15) is 5.82 Å². The van der Waals surface area contributed by atoms with Gasteiger partial charge in [0, 0.05) is 33.1 Å². The van der Waals surface area contributed by atoms with E-state index >= 15 is 0 Å². The van der Waals surface area contributed by atoms with Crippen LogP contribution in [0, 0.1) is 6.92 Å². The van der Waals surface area contributed by atoms with Gasteiger partial charge in [-0.1, -0.05) is 0 Å². The second-order valence-electron chi connectivity index (χ2n) is 4.24. The zero-order valence-corrected chi connectivity index (χ0v) is 11.2. The van der Waals surface area contributed by atoms with Gasteiger partial charge in [-0.3, -0.25) is 4.79 Å². The molecule has 1 fully saturated rings. The number of nitrogens with zero attached hydrogens (tertiary/aromatic N) is 3. The second-order valence-corrected chi connectivity index (χ2v) is 6.15. The molecule has 1 aliphatic heterocycles. The number of imidazole rings is 1. The molecular formula is C10H16N4O3S. The molecule has 0 bridgehead atoms. The number of aromatic nitrogens is 2. The van der Waals surface area contributed by atoms with Crippen LogP contribution in [0.15, 0.2) is 11.2 Å². The van der Waals surface area contributed by atoms with Crippen molar-refractivity contribution in [1.29, 1.82) is 0 Å². The van der Waals surface area contributed by atoms with E-state index in [1.165, 1.54) is 17.4 Å². The fourth-order valence-electron chi connectivity index (χ4n) is 1.91. The SMILES string of the molecule is CC(=O)N1CCN(S(=O)(=O)c2cnc(C)[nH]2)CC1. The molecule has 2 rings (SSSR count). The normalized spacial score (nSPS) is 18.0. The minimum Gasteiger partial charge on any atom is -0.340 e. The number of carbonyl (C=O) groups is 1. The molecule has 7 nitrogen and oxygen atoms in total. The van der Waals surface area contributed by atoms with Crippen LogP contribution in [0.4, 0.5) is 0 Å². The van der Waals surface area contributed by atoms with Gasteiger partial charge >= 0.3 is 0 Å². The van der Waals surface area contributed by atoms with Crippen LogP contribution in [0.3, 0.4) is 0 Å². The topological polar surface area (TPSA) is 86.4 Å². The molecule has 8 heteroatoms. The number of nitrogens with one attached hydrogen (secondary N) is 1. The number of amides is 1. The molecule has 0 aromatic carbocycles. The van der Waals surface area contributed by atoms with E-state index in [-0.39, 0.29) is 10.9 Å². The molecule has 100 valence electrons. The van der Waals surface area contributed by atoms with Gasteiger partial charge in [-0.2, -0.15) is 4.31 Å². The number of aromatic amines is 1. The first-order chi connectivity index (χ1) is 8.41. The molecular weight excluding hydrogens is 256 g/mol. The lowest BCUT2D eigenvalue weighted by Crippen LogP contribution is -2.50. The molecule has 0 spiro atoms. The van der Waals surface area contributed by atoms with Gasteiger partial charge in [-0.05, 0) is 6.92 Å². The number of H-pyrrole nitrogens is 1. The Morgan fingerprint density at radius 3 is 2.39 bits per heavy atom. The maximum Gasteiger partial charge on any atom is 0.260 e. The highest BCUT2D eigenvalue weighted by Crippen LogP contribution is 2.15. The van der Waals surface area contributed by atoms with Crippen LogP contribution in [0.1, 0.15) is 12.7 Å². The zero-order valence-electron chi connectivity index (χ0n) is 10.4. The van der Waals surface area contributed by atoms with E-state index in [4.69, 9.17) is 0 Å². The number of sulfonamides is 1. The number of hydrogen-bond acceptors (Lipinski definition) is 4. The predicted molar refractivity (Wildman–Crippen MR) is 64.3 cm³/mol. The quantitative estimate of drug-likeness (QED) is 0.791. The van der Waals surface area contributed by atoms with E-state index in [2.05, 4.69) is 9.97 Å². The van der Waals surface area contributed by atoms with E-state index in [1.807, 2.05) is 0 Å². The lowest BCUT2D eigenvalue weighted by atomic mass is 10.3. The van der Waals surface area contributed by atoms with Crippen molar-refractivity contribution in [3.8, 4) is 0 Å². The summed E-state index contributed by atoms with van der Waals surface area (Å²) in [5.74, 6) is 0.542. The molecule has 1 aliphatic rings. The van der Waals surface area contributed by atoms with Crippen LogP contribution in [0.5, 0.6) is 0 Å². The first-order valence-electron chi connectivity index (χ1n) is 5.68. The largest absolute Gasteiger partial charge is 0.340 e. The van der Waals surface area contributed by atoms with E-state index in [1.54, 1.807) is 11.8 Å². The molecule has 1 saturated heterocycles. The van der Waals surface area contributed by atoms with Gasteiger partial charge < -0.3 is 9.88 Å². The number of piperazine rings is 1. The van der Waals surface area contributed by atoms with Crippen LogP contribution in [0.25, 0.3) is 0 Å². The van der Waals surface area contributed by atoms with Gasteiger partial charge in [0.25, 0.3) is 10.0 Å². The summed E-state index contributed by atoms with van der Waals surface area (Å²) in [6.07, 6.45) is 1.32. The average Bonchev–Trinajstić information content (AvgIpc) is 2.76. The molecule has 1 aromatic rings. The van der Waals surface area contributed by atoms with Crippen molar-refractivity contribution in [3.05, 3.63) is 12.0 Å². The average molecular weight is 272 g/mol. The fourth-order valence-corrected chi connectivity index (χ4v) is 3.30. The van der Waals surface area contributed by atoms with Crippen molar-refractivity contribution in [2.24, 2.45) is 0 Å². The van der Waals surface area contributed by atoms with Crippen molar-refractivity contribution < 1.29 is 13.2 Å². The summed E-state index contributed by atoms with van der Waals surface area (Å²) in [4.78, 5) is 19.4. The highest BCUT2D eigenvalue weighted by atomic mass is 32.2. The van der Waals surface area contributed by atoms with Crippen molar-refractivity contribution in [3.63, 3.8) is 0 Å². The standard InChI is InChI=1S/C10H16N4O3S/c1-8-11-7-10(12-8)18(16,17)14-5-3-13(4-6-14)9(2)15/h7H,3-6H2,1-2H3,(H,11,12). The van der Waals surface area contributed by atoms with Crippen LogP contribution in [0.2, 0.25) is 0 Å². The number of carbonyl (C=O) groups excluding carboxylic acids is 1. The third-order valence-electron chi connectivity index (χ3n) is 2.98. The Kier molecular flexibility index (Phi) is 3.40.